The van der Waals surface area contributed by atoms with Gasteiger partial charge in [-0.05, 0) is 45.4 Å². The molecule has 1 aliphatic heterocycles. The minimum atomic E-state index is -1.68. The monoisotopic (exact) mass is 310 g/mol. The zero-order chi connectivity index (χ0) is 16.5. The van der Waals surface area contributed by atoms with E-state index < -0.39 is 23.1 Å². The molecule has 2 fully saturated rings. The van der Waals surface area contributed by atoms with E-state index in [2.05, 4.69) is 0 Å². The number of rotatable bonds is 6. The molecule has 1 saturated carbocycles. The number of cyclic esters (lactones) is 1. The van der Waals surface area contributed by atoms with Crippen LogP contribution in [0.5, 0.6) is 0 Å². The smallest absolute Gasteiger partial charge is 0.313 e. The van der Waals surface area contributed by atoms with Gasteiger partial charge in [0.2, 0.25) is 0 Å². The van der Waals surface area contributed by atoms with Gasteiger partial charge in [0, 0.05) is 13.0 Å². The highest BCUT2D eigenvalue weighted by Crippen LogP contribution is 2.53. The second kappa shape index (κ2) is 6.13. The summed E-state index contributed by atoms with van der Waals surface area (Å²) in [5.74, 6) is -1.64. The molecule has 0 aromatic carbocycles. The summed E-state index contributed by atoms with van der Waals surface area (Å²) in [6.45, 7) is 5.62. The van der Waals surface area contributed by atoms with Crippen molar-refractivity contribution in [2.24, 2.45) is 11.8 Å². The summed E-state index contributed by atoms with van der Waals surface area (Å²) >= 11 is 0. The second-order valence-corrected chi connectivity index (χ2v) is 6.92. The van der Waals surface area contributed by atoms with Crippen molar-refractivity contribution in [1.29, 1.82) is 0 Å². The van der Waals surface area contributed by atoms with Gasteiger partial charge in [0.1, 0.15) is 5.60 Å². The van der Waals surface area contributed by atoms with Crippen molar-refractivity contribution in [3.05, 3.63) is 11.6 Å². The number of fused-ring (bicyclic) bond motifs is 1. The molecule has 0 radical (unpaired) electrons. The molecule has 5 nitrogen and oxygen atoms in total. The molecule has 1 saturated heterocycles. The van der Waals surface area contributed by atoms with E-state index in [1.807, 2.05) is 19.9 Å². The first-order chi connectivity index (χ1) is 10.3. The summed E-state index contributed by atoms with van der Waals surface area (Å²) in [6.07, 6.45) is 4.83. The van der Waals surface area contributed by atoms with Crippen LogP contribution in [0.25, 0.3) is 0 Å². The molecule has 124 valence electrons. The van der Waals surface area contributed by atoms with E-state index in [1.54, 1.807) is 6.92 Å². The topological polar surface area (TPSA) is 83.8 Å². The third kappa shape index (κ3) is 2.61. The largest absolute Gasteiger partial charge is 0.455 e. The van der Waals surface area contributed by atoms with Crippen LogP contribution in [0, 0.1) is 11.8 Å². The van der Waals surface area contributed by atoms with Gasteiger partial charge in [0.05, 0.1) is 5.92 Å². The summed E-state index contributed by atoms with van der Waals surface area (Å²) in [6, 6.07) is 0. The van der Waals surface area contributed by atoms with Crippen LogP contribution in [0.3, 0.4) is 0 Å². The highest BCUT2D eigenvalue weighted by Gasteiger charge is 2.71. The van der Waals surface area contributed by atoms with E-state index >= 15 is 0 Å². The Bertz CT molecular complexity index is 497. The Morgan fingerprint density at radius 3 is 2.77 bits per heavy atom. The standard InChI is InChI=1S/C17H26O5/c1-11(7-5-9-18)6-4-8-16(3)17(21)13(19)10-12(2)14(17)15(20)22-16/h6,12,14,18,21H,4-5,7-10H2,1-3H3. The highest BCUT2D eigenvalue weighted by atomic mass is 16.6. The van der Waals surface area contributed by atoms with Crippen LogP contribution >= 0.6 is 0 Å². The van der Waals surface area contributed by atoms with Crippen molar-refractivity contribution in [1.82, 2.24) is 0 Å². The van der Waals surface area contributed by atoms with Gasteiger partial charge in [-0.15, -0.1) is 0 Å². The predicted octanol–water partition coefficient (Wildman–Crippen LogP) is 1.76. The molecular formula is C17H26O5. The minimum absolute atomic E-state index is 0.161. The average Bonchev–Trinajstić information content (AvgIpc) is 2.79. The van der Waals surface area contributed by atoms with Gasteiger partial charge in [-0.25, -0.2) is 0 Å². The summed E-state index contributed by atoms with van der Waals surface area (Å²) in [4.78, 5) is 24.4. The first kappa shape index (κ1) is 17.2. The number of aliphatic hydroxyl groups is 2. The number of carbonyl (C=O) groups excluding carboxylic acids is 2. The van der Waals surface area contributed by atoms with E-state index in [0.717, 1.165) is 18.4 Å². The zero-order valence-electron chi connectivity index (χ0n) is 13.6. The van der Waals surface area contributed by atoms with Gasteiger partial charge < -0.3 is 14.9 Å². The van der Waals surface area contributed by atoms with Gasteiger partial charge in [-0.3, -0.25) is 9.59 Å². The molecule has 5 heteroatoms. The fourth-order valence-corrected chi connectivity index (χ4v) is 3.84. The van der Waals surface area contributed by atoms with E-state index in [0.29, 0.717) is 12.8 Å². The lowest BCUT2D eigenvalue weighted by Gasteiger charge is -2.35. The molecule has 0 spiro atoms. The zero-order valence-corrected chi connectivity index (χ0v) is 13.6. The molecule has 0 aromatic heterocycles. The maximum absolute atomic E-state index is 12.3. The normalized spacial score (nSPS) is 38.3. The van der Waals surface area contributed by atoms with Gasteiger partial charge in [-0.1, -0.05) is 18.6 Å². The minimum Gasteiger partial charge on any atom is -0.455 e. The second-order valence-electron chi connectivity index (χ2n) is 6.92. The van der Waals surface area contributed by atoms with Crippen molar-refractivity contribution in [3.8, 4) is 0 Å². The lowest BCUT2D eigenvalue weighted by molar-refractivity contribution is -0.163. The van der Waals surface area contributed by atoms with Crippen LogP contribution in [0.2, 0.25) is 0 Å². The van der Waals surface area contributed by atoms with Crippen molar-refractivity contribution < 1.29 is 24.5 Å². The number of hydrogen-bond donors (Lipinski definition) is 2. The number of allylic oxidation sites excluding steroid dienone is 2. The van der Waals surface area contributed by atoms with Crippen LogP contribution < -0.4 is 0 Å². The summed E-state index contributed by atoms with van der Waals surface area (Å²) < 4.78 is 5.44. The van der Waals surface area contributed by atoms with Gasteiger partial charge in [0.25, 0.3) is 0 Å². The summed E-state index contributed by atoms with van der Waals surface area (Å²) in [7, 11) is 0. The highest BCUT2D eigenvalue weighted by molar-refractivity contribution is 6.00. The molecule has 2 N–H and O–H groups in total. The molecule has 0 aromatic rings. The first-order valence-corrected chi connectivity index (χ1v) is 8.01. The molecule has 1 aliphatic carbocycles. The number of esters is 1. The van der Waals surface area contributed by atoms with Crippen LogP contribution in [0.4, 0.5) is 0 Å². The maximum Gasteiger partial charge on any atom is 0.313 e. The van der Waals surface area contributed by atoms with E-state index in [9.17, 15) is 14.7 Å². The molecule has 0 bridgehead atoms. The van der Waals surface area contributed by atoms with Crippen LogP contribution in [0.15, 0.2) is 11.6 Å². The van der Waals surface area contributed by atoms with Gasteiger partial charge >= 0.3 is 5.97 Å². The number of ketones is 1. The number of carbonyl (C=O) groups is 2. The number of Topliss-reactive ketones (excluding diaryl/α,β-unsaturated/α-hetero) is 1. The van der Waals surface area contributed by atoms with Crippen molar-refractivity contribution >= 4 is 11.8 Å². The quantitative estimate of drug-likeness (QED) is 0.577. The van der Waals surface area contributed by atoms with E-state index in [1.165, 1.54) is 0 Å². The van der Waals surface area contributed by atoms with E-state index in [-0.39, 0.29) is 24.7 Å². The Morgan fingerprint density at radius 1 is 1.45 bits per heavy atom. The Kier molecular flexibility index (Phi) is 4.78. The fourth-order valence-electron chi connectivity index (χ4n) is 3.84. The van der Waals surface area contributed by atoms with Gasteiger partial charge in [-0.2, -0.15) is 0 Å². The molecular weight excluding hydrogens is 284 g/mol. The third-order valence-electron chi connectivity index (χ3n) is 5.18. The van der Waals surface area contributed by atoms with Crippen molar-refractivity contribution in [2.45, 2.75) is 64.1 Å². The lowest BCUT2D eigenvalue weighted by atomic mass is 9.75. The lowest BCUT2D eigenvalue weighted by Crippen LogP contribution is -2.55. The average molecular weight is 310 g/mol. The maximum atomic E-state index is 12.3. The molecule has 22 heavy (non-hydrogen) atoms. The Hall–Kier alpha value is -1.20. The SMILES string of the molecule is CC(=CCCC1(C)OC(=O)C2C(C)CC(=O)C21O)CCCO. The van der Waals surface area contributed by atoms with Crippen LogP contribution in [0.1, 0.15) is 52.9 Å². The van der Waals surface area contributed by atoms with E-state index in [4.69, 9.17) is 9.84 Å². The Balaban J connectivity index is 2.10. The summed E-state index contributed by atoms with van der Waals surface area (Å²) in [5, 5.41) is 19.7. The predicted molar refractivity (Wildman–Crippen MR) is 81.0 cm³/mol. The number of hydrogen-bond acceptors (Lipinski definition) is 5. The molecule has 4 atom stereocenters. The Morgan fingerprint density at radius 2 is 2.14 bits per heavy atom. The van der Waals surface area contributed by atoms with Crippen LogP contribution in [-0.4, -0.2) is 39.8 Å². The Labute approximate surface area is 131 Å². The number of ether oxygens (including phenoxy) is 1. The molecule has 2 rings (SSSR count). The van der Waals surface area contributed by atoms with Crippen LogP contribution in [-0.2, 0) is 14.3 Å². The third-order valence-corrected chi connectivity index (χ3v) is 5.18. The summed E-state index contributed by atoms with van der Waals surface area (Å²) in [5.41, 5.74) is -1.68. The van der Waals surface area contributed by atoms with Gasteiger partial charge in [0.15, 0.2) is 11.4 Å². The fraction of sp³-hybridized carbons (Fsp3) is 0.765. The van der Waals surface area contributed by atoms with Crippen molar-refractivity contribution in [3.63, 3.8) is 0 Å². The molecule has 4 unspecified atom stereocenters. The number of aliphatic hydroxyl groups excluding tert-OH is 1. The first-order valence-electron chi connectivity index (χ1n) is 8.01. The molecule has 2 aliphatic rings. The molecule has 1 heterocycles. The molecule has 0 amide bonds. The van der Waals surface area contributed by atoms with Crippen molar-refractivity contribution in [2.75, 3.05) is 6.61 Å².